The van der Waals surface area contributed by atoms with Crippen LogP contribution < -0.4 is 0 Å². The quantitative estimate of drug-likeness (QED) is 0.710. The van der Waals surface area contributed by atoms with E-state index in [1.54, 1.807) is 15.7 Å². The number of aromatic nitrogens is 1. The van der Waals surface area contributed by atoms with Gasteiger partial charge >= 0.3 is 0 Å². The van der Waals surface area contributed by atoms with Crippen LogP contribution in [-0.2, 0) is 21.4 Å². The molecular weight excluding hydrogens is 412 g/mol. The summed E-state index contributed by atoms with van der Waals surface area (Å²) in [7, 11) is -1.74. The number of aromatic amines is 1. The van der Waals surface area contributed by atoms with E-state index in [2.05, 4.69) is 17.1 Å². The third kappa shape index (κ3) is 4.96. The van der Waals surface area contributed by atoms with Crippen molar-refractivity contribution in [2.45, 2.75) is 57.4 Å². The first-order valence-electron chi connectivity index (χ1n) is 11.5. The molecule has 0 atom stereocenters. The Kier molecular flexibility index (Phi) is 6.99. The number of carbonyl (C=O) groups excluding carboxylic acids is 1. The van der Waals surface area contributed by atoms with Gasteiger partial charge in [-0.3, -0.25) is 4.79 Å². The van der Waals surface area contributed by atoms with Gasteiger partial charge in [-0.15, -0.1) is 0 Å². The van der Waals surface area contributed by atoms with Crippen molar-refractivity contribution in [2.24, 2.45) is 0 Å². The summed E-state index contributed by atoms with van der Waals surface area (Å²) < 4.78 is 29.2. The van der Waals surface area contributed by atoms with Crippen molar-refractivity contribution in [1.82, 2.24) is 18.5 Å². The number of aryl methyl sites for hydroxylation is 1. The molecule has 1 amide bonds. The van der Waals surface area contributed by atoms with Gasteiger partial charge in [0, 0.05) is 62.8 Å². The molecule has 2 fully saturated rings. The number of hydrogen-bond donors (Lipinski definition) is 1. The molecular formula is C23H34N4O3S. The molecule has 0 bridgehead atoms. The summed E-state index contributed by atoms with van der Waals surface area (Å²) in [6.45, 7) is 1.72. The predicted octanol–water partition coefficient (Wildman–Crippen LogP) is 3.14. The van der Waals surface area contributed by atoms with Crippen LogP contribution in [0.2, 0.25) is 0 Å². The fourth-order valence-electron chi connectivity index (χ4n) is 4.91. The molecule has 1 aromatic heterocycles. The first-order chi connectivity index (χ1) is 15.0. The minimum absolute atomic E-state index is 0.114. The average molecular weight is 447 g/mol. The third-order valence-corrected chi connectivity index (χ3v) is 8.93. The van der Waals surface area contributed by atoms with Gasteiger partial charge in [0.2, 0.25) is 5.91 Å². The zero-order chi connectivity index (χ0) is 21.8. The van der Waals surface area contributed by atoms with Crippen LogP contribution in [-0.4, -0.2) is 72.1 Å². The van der Waals surface area contributed by atoms with Gasteiger partial charge in [-0.25, -0.2) is 0 Å². The van der Waals surface area contributed by atoms with E-state index in [-0.39, 0.29) is 11.9 Å². The third-order valence-electron chi connectivity index (χ3n) is 6.88. The molecule has 2 heterocycles. The molecule has 7 nitrogen and oxygen atoms in total. The lowest BCUT2D eigenvalue weighted by atomic mass is 9.96. The number of nitrogens with one attached hydrogen (secondary N) is 1. The molecule has 0 spiro atoms. The van der Waals surface area contributed by atoms with E-state index in [9.17, 15) is 13.2 Å². The van der Waals surface area contributed by atoms with E-state index in [0.29, 0.717) is 32.6 Å². The summed E-state index contributed by atoms with van der Waals surface area (Å²) in [6, 6.07) is 8.32. The van der Waals surface area contributed by atoms with Crippen molar-refractivity contribution in [2.75, 3.05) is 33.2 Å². The fraction of sp³-hybridized carbons (Fsp3) is 0.609. The fourth-order valence-corrected chi connectivity index (χ4v) is 6.49. The van der Waals surface area contributed by atoms with Crippen LogP contribution in [0.1, 0.15) is 50.5 Å². The second-order valence-electron chi connectivity index (χ2n) is 8.81. The number of fused-ring (bicyclic) bond motifs is 1. The van der Waals surface area contributed by atoms with Crippen LogP contribution in [0.25, 0.3) is 10.9 Å². The minimum atomic E-state index is -3.45. The van der Waals surface area contributed by atoms with Crippen LogP contribution >= 0.6 is 0 Å². The molecule has 0 radical (unpaired) electrons. The number of H-pyrrole nitrogens is 1. The summed E-state index contributed by atoms with van der Waals surface area (Å²) in [5.41, 5.74) is 2.37. The van der Waals surface area contributed by atoms with Crippen LogP contribution in [0.4, 0.5) is 0 Å². The maximum Gasteiger partial charge on any atom is 0.282 e. The Morgan fingerprint density at radius 2 is 1.81 bits per heavy atom. The van der Waals surface area contributed by atoms with Crippen LogP contribution in [0.15, 0.2) is 30.5 Å². The van der Waals surface area contributed by atoms with Crippen molar-refractivity contribution >= 4 is 27.0 Å². The standard InChI is InChI=1S/C23H34N4O3S/c1-25(20-9-3-2-4-10-20)31(29,30)27-16-14-26(15-17-27)23(28)13-7-8-19-18-24-22-12-6-5-11-21(19)22/h5-6,11-12,18,20,24H,2-4,7-10,13-17H2,1H3. The normalized spacial score (nSPS) is 19.4. The Morgan fingerprint density at radius 1 is 1.10 bits per heavy atom. The molecule has 2 aromatic rings. The first-order valence-corrected chi connectivity index (χ1v) is 12.9. The molecule has 170 valence electrons. The number of rotatable bonds is 7. The van der Waals surface area contributed by atoms with Gasteiger partial charge in [-0.2, -0.15) is 17.0 Å². The van der Waals surface area contributed by atoms with Crippen molar-refractivity contribution in [3.05, 3.63) is 36.0 Å². The van der Waals surface area contributed by atoms with Gasteiger partial charge in [0.05, 0.1) is 0 Å². The maximum atomic E-state index is 13.0. The summed E-state index contributed by atoms with van der Waals surface area (Å²) >= 11 is 0. The Hall–Kier alpha value is -1.90. The molecule has 2 aliphatic rings. The molecule has 1 aliphatic heterocycles. The number of benzene rings is 1. The van der Waals surface area contributed by atoms with Gasteiger partial charge in [0.15, 0.2) is 0 Å². The van der Waals surface area contributed by atoms with E-state index in [0.717, 1.165) is 44.0 Å². The van der Waals surface area contributed by atoms with Gasteiger partial charge in [-0.05, 0) is 37.3 Å². The average Bonchev–Trinajstić information content (AvgIpc) is 3.22. The predicted molar refractivity (Wildman–Crippen MR) is 123 cm³/mol. The molecule has 1 aliphatic carbocycles. The van der Waals surface area contributed by atoms with Gasteiger partial charge in [0.25, 0.3) is 10.2 Å². The van der Waals surface area contributed by atoms with E-state index < -0.39 is 10.2 Å². The maximum absolute atomic E-state index is 13.0. The van der Waals surface area contributed by atoms with Crippen LogP contribution in [0.5, 0.6) is 0 Å². The number of nitrogens with zero attached hydrogens (tertiary/aromatic N) is 3. The second kappa shape index (κ2) is 9.71. The number of carbonyl (C=O) groups is 1. The molecule has 4 rings (SSSR count). The van der Waals surface area contributed by atoms with E-state index in [1.807, 2.05) is 23.2 Å². The van der Waals surface area contributed by atoms with Gasteiger partial charge < -0.3 is 9.88 Å². The summed E-state index contributed by atoms with van der Waals surface area (Å²) in [4.78, 5) is 17.8. The topological polar surface area (TPSA) is 76.7 Å². The molecule has 1 saturated carbocycles. The van der Waals surface area contributed by atoms with Crippen molar-refractivity contribution in [1.29, 1.82) is 0 Å². The second-order valence-corrected chi connectivity index (χ2v) is 10.8. The molecule has 0 unspecified atom stereocenters. The minimum Gasteiger partial charge on any atom is -0.361 e. The monoisotopic (exact) mass is 446 g/mol. The first kappa shape index (κ1) is 22.3. The summed E-state index contributed by atoms with van der Waals surface area (Å²) in [6.07, 6.45) is 9.48. The molecule has 1 N–H and O–H groups in total. The SMILES string of the molecule is CN(C1CCCCC1)S(=O)(=O)N1CCN(C(=O)CCCc2c[nH]c3ccccc23)CC1. The Balaban J connectivity index is 1.24. The van der Waals surface area contributed by atoms with Crippen molar-refractivity contribution in [3.63, 3.8) is 0 Å². The van der Waals surface area contributed by atoms with Crippen molar-refractivity contribution in [3.8, 4) is 0 Å². The zero-order valence-electron chi connectivity index (χ0n) is 18.4. The Bertz CT molecular complexity index is 989. The number of para-hydroxylation sites is 1. The number of hydrogen-bond acceptors (Lipinski definition) is 3. The summed E-state index contributed by atoms with van der Waals surface area (Å²) in [5.74, 6) is 0.123. The van der Waals surface area contributed by atoms with Crippen molar-refractivity contribution < 1.29 is 13.2 Å². The van der Waals surface area contributed by atoms with E-state index in [1.165, 1.54) is 17.4 Å². The van der Waals surface area contributed by atoms with E-state index >= 15 is 0 Å². The van der Waals surface area contributed by atoms with E-state index in [4.69, 9.17) is 0 Å². The highest BCUT2D eigenvalue weighted by atomic mass is 32.2. The van der Waals surface area contributed by atoms with Crippen LogP contribution in [0.3, 0.4) is 0 Å². The van der Waals surface area contributed by atoms with Crippen LogP contribution in [0, 0.1) is 0 Å². The molecule has 8 heteroatoms. The zero-order valence-corrected chi connectivity index (χ0v) is 19.2. The lowest BCUT2D eigenvalue weighted by Crippen LogP contribution is -2.55. The molecule has 1 aromatic carbocycles. The highest BCUT2D eigenvalue weighted by Crippen LogP contribution is 2.25. The van der Waals surface area contributed by atoms with Gasteiger partial charge in [-0.1, -0.05) is 37.5 Å². The Morgan fingerprint density at radius 3 is 2.55 bits per heavy atom. The largest absolute Gasteiger partial charge is 0.361 e. The molecule has 1 saturated heterocycles. The summed E-state index contributed by atoms with van der Waals surface area (Å²) in [5, 5.41) is 1.22. The van der Waals surface area contributed by atoms with Gasteiger partial charge in [0.1, 0.15) is 0 Å². The highest BCUT2D eigenvalue weighted by Gasteiger charge is 2.35. The lowest BCUT2D eigenvalue weighted by molar-refractivity contribution is -0.132. The number of amides is 1. The lowest BCUT2D eigenvalue weighted by Gasteiger charge is -2.38. The smallest absolute Gasteiger partial charge is 0.282 e. The number of piperazine rings is 1. The molecule has 31 heavy (non-hydrogen) atoms. The Labute approximate surface area is 185 Å². The highest BCUT2D eigenvalue weighted by molar-refractivity contribution is 7.86.